The van der Waals surface area contributed by atoms with Crippen LogP contribution in [-0.4, -0.2) is 66.5 Å². The molecular weight excluding hydrogens is 669 g/mol. The summed E-state index contributed by atoms with van der Waals surface area (Å²) in [6, 6.07) is 27.1. The Labute approximate surface area is 305 Å². The van der Waals surface area contributed by atoms with E-state index in [1.807, 2.05) is 73.1 Å². The Bertz CT molecular complexity index is 2380. The molecule has 0 spiro atoms. The molecule has 3 aliphatic heterocycles. The number of nitrogens with one attached hydrogen (secondary N) is 3. The number of fused-ring (bicyclic) bond motifs is 2. The number of hydrogen-bond acceptors (Lipinski definition) is 10. The molecular formula is C40H36N10O3. The number of para-hydroxylation sites is 2. The average molecular weight is 705 g/mol. The topological polar surface area (TPSA) is 150 Å². The maximum atomic E-state index is 13.3. The smallest absolute Gasteiger partial charge is 0.255 e. The van der Waals surface area contributed by atoms with Crippen molar-refractivity contribution in [2.24, 2.45) is 0 Å². The second-order valence-corrected chi connectivity index (χ2v) is 13.6. The van der Waals surface area contributed by atoms with Gasteiger partial charge in [-0.3, -0.25) is 29.4 Å². The number of anilines is 5. The van der Waals surface area contributed by atoms with E-state index in [-0.39, 0.29) is 24.8 Å². The molecule has 0 radical (unpaired) electrons. The number of rotatable bonds is 8. The number of aromatic nitrogens is 5. The predicted molar refractivity (Wildman–Crippen MR) is 201 cm³/mol. The van der Waals surface area contributed by atoms with Crippen molar-refractivity contribution < 1.29 is 14.4 Å². The Balaban J connectivity index is 0.837. The summed E-state index contributed by atoms with van der Waals surface area (Å²) in [4.78, 5) is 55.6. The maximum absolute atomic E-state index is 13.3. The summed E-state index contributed by atoms with van der Waals surface area (Å²) in [5.41, 5.74) is 7.70. The molecule has 6 heterocycles. The van der Waals surface area contributed by atoms with Crippen LogP contribution in [0.25, 0.3) is 22.3 Å². The number of nitrogens with zero attached hydrogens (tertiary/aromatic N) is 7. The van der Waals surface area contributed by atoms with Gasteiger partial charge >= 0.3 is 0 Å². The van der Waals surface area contributed by atoms with Crippen molar-refractivity contribution in [2.75, 3.05) is 28.6 Å². The van der Waals surface area contributed by atoms with Crippen molar-refractivity contribution >= 4 is 57.5 Å². The lowest BCUT2D eigenvalue weighted by atomic mass is 10.0. The third-order valence-electron chi connectivity index (χ3n) is 10.3. The van der Waals surface area contributed by atoms with Crippen molar-refractivity contribution in [3.05, 3.63) is 115 Å². The van der Waals surface area contributed by atoms with Crippen LogP contribution in [0.15, 0.2) is 104 Å². The summed E-state index contributed by atoms with van der Waals surface area (Å²) in [5.74, 6) is 0.337. The molecule has 264 valence electrons. The Morgan fingerprint density at radius 2 is 1.57 bits per heavy atom. The van der Waals surface area contributed by atoms with E-state index in [4.69, 9.17) is 15.1 Å². The molecule has 0 aliphatic carbocycles. The van der Waals surface area contributed by atoms with Crippen LogP contribution in [0, 0.1) is 0 Å². The van der Waals surface area contributed by atoms with E-state index in [1.165, 1.54) is 0 Å². The largest absolute Gasteiger partial charge is 0.371 e. The molecule has 9 rings (SSSR count). The molecule has 2 saturated heterocycles. The third kappa shape index (κ3) is 6.41. The van der Waals surface area contributed by atoms with Gasteiger partial charge in [-0.2, -0.15) is 5.10 Å². The van der Waals surface area contributed by atoms with Gasteiger partial charge in [-0.05, 0) is 73.9 Å². The fraction of sp³-hybridized carbons (Fsp3) is 0.225. The van der Waals surface area contributed by atoms with Crippen LogP contribution in [0.1, 0.15) is 47.6 Å². The second kappa shape index (κ2) is 13.5. The second-order valence-electron chi connectivity index (χ2n) is 13.6. The molecule has 53 heavy (non-hydrogen) atoms. The van der Waals surface area contributed by atoms with E-state index >= 15 is 0 Å². The molecule has 13 heteroatoms. The van der Waals surface area contributed by atoms with Gasteiger partial charge in [-0.15, -0.1) is 0 Å². The van der Waals surface area contributed by atoms with Crippen LogP contribution in [0.2, 0.25) is 0 Å². The lowest BCUT2D eigenvalue weighted by molar-refractivity contribution is -0.136. The fourth-order valence-electron chi connectivity index (χ4n) is 7.50. The van der Waals surface area contributed by atoms with Gasteiger partial charge in [0.25, 0.3) is 5.91 Å². The average Bonchev–Trinajstić information content (AvgIpc) is 3.81. The summed E-state index contributed by atoms with van der Waals surface area (Å²) in [7, 11) is 0. The van der Waals surface area contributed by atoms with E-state index in [0.29, 0.717) is 29.7 Å². The van der Waals surface area contributed by atoms with Gasteiger partial charge in [0.05, 0.1) is 35.2 Å². The van der Waals surface area contributed by atoms with Gasteiger partial charge in [0.1, 0.15) is 17.7 Å². The van der Waals surface area contributed by atoms with Crippen molar-refractivity contribution in [3.63, 3.8) is 0 Å². The highest BCUT2D eigenvalue weighted by Crippen LogP contribution is 2.34. The Hall–Kier alpha value is -6.63. The number of hydrogen-bond donors (Lipinski definition) is 3. The maximum Gasteiger partial charge on any atom is 0.255 e. The molecule has 2 fully saturated rings. The van der Waals surface area contributed by atoms with Gasteiger partial charge < -0.3 is 20.4 Å². The predicted octanol–water partition coefficient (Wildman–Crippen LogP) is 5.98. The van der Waals surface area contributed by atoms with E-state index in [1.54, 1.807) is 11.0 Å². The van der Waals surface area contributed by atoms with Crippen molar-refractivity contribution in [1.82, 2.24) is 34.9 Å². The number of piperidine rings is 2. The minimum absolute atomic E-state index is 0.212. The number of carbonyl (C=O) groups is 3. The standard InChI is InChI=1S/C40H36N10O3/c51-38-15-14-35(39(52)47-38)49-24-30-29(40(49)53)8-4-11-31(30)45-37-13-5-12-36(46-37)43-26-6-3-7-28(20-26)48-18-16-27(17-19-48)50-23-25(21-42-50)34-22-41-32-9-1-2-10-33(32)44-34/h1-13,20-23,27,35H,14-19,24H2,(H2,43,45,46)(H,47,51,52). The molecule has 13 nitrogen and oxygen atoms in total. The number of amides is 3. The van der Waals surface area contributed by atoms with Crippen LogP contribution in [-0.2, 0) is 16.1 Å². The SMILES string of the molecule is O=C1CCC(N2Cc3c(Nc4cccc(Nc5cccc(N6CCC(n7cc(-c8cnc9ccccc9n8)cn7)CC6)c5)n4)cccc3C2=O)C(=O)N1. The number of imide groups is 1. The molecule has 3 N–H and O–H groups in total. The Kier molecular flexibility index (Phi) is 8.22. The van der Waals surface area contributed by atoms with Gasteiger partial charge in [-0.25, -0.2) is 9.97 Å². The van der Waals surface area contributed by atoms with Gasteiger partial charge in [0.15, 0.2) is 0 Å². The molecule has 3 aliphatic rings. The van der Waals surface area contributed by atoms with Gasteiger partial charge in [-0.1, -0.05) is 30.3 Å². The zero-order chi connectivity index (χ0) is 35.9. The van der Waals surface area contributed by atoms with Crippen molar-refractivity contribution in [3.8, 4) is 11.3 Å². The summed E-state index contributed by atoms with van der Waals surface area (Å²) >= 11 is 0. The van der Waals surface area contributed by atoms with Crippen LogP contribution in [0.5, 0.6) is 0 Å². The minimum Gasteiger partial charge on any atom is -0.371 e. The van der Waals surface area contributed by atoms with Crippen LogP contribution in [0.4, 0.5) is 28.7 Å². The molecule has 6 aromatic rings. The normalized spacial score (nSPS) is 17.6. The van der Waals surface area contributed by atoms with Gasteiger partial charge in [0, 0.05) is 66.0 Å². The molecule has 0 saturated carbocycles. The first kappa shape index (κ1) is 32.3. The highest BCUT2D eigenvalue weighted by molar-refractivity contribution is 6.06. The Morgan fingerprint density at radius 3 is 2.42 bits per heavy atom. The van der Waals surface area contributed by atoms with E-state index < -0.39 is 11.9 Å². The lowest BCUT2D eigenvalue weighted by Gasteiger charge is -2.34. The minimum atomic E-state index is -0.671. The van der Waals surface area contributed by atoms with Crippen LogP contribution < -0.4 is 20.9 Å². The molecule has 3 aromatic carbocycles. The molecule has 0 bridgehead atoms. The highest BCUT2D eigenvalue weighted by atomic mass is 16.2. The fourth-order valence-corrected chi connectivity index (χ4v) is 7.50. The molecule has 3 aromatic heterocycles. The van der Waals surface area contributed by atoms with Crippen LogP contribution >= 0.6 is 0 Å². The number of carbonyl (C=O) groups excluding carboxylic acids is 3. The van der Waals surface area contributed by atoms with Gasteiger partial charge in [0.2, 0.25) is 11.8 Å². The lowest BCUT2D eigenvalue weighted by Crippen LogP contribution is -2.52. The monoisotopic (exact) mass is 704 g/mol. The number of pyridine rings is 1. The van der Waals surface area contributed by atoms with Crippen LogP contribution in [0.3, 0.4) is 0 Å². The molecule has 1 unspecified atom stereocenters. The van der Waals surface area contributed by atoms with E-state index in [9.17, 15) is 14.4 Å². The first-order valence-corrected chi connectivity index (χ1v) is 17.8. The molecule has 1 atom stereocenters. The van der Waals surface area contributed by atoms with Crippen molar-refractivity contribution in [1.29, 1.82) is 0 Å². The van der Waals surface area contributed by atoms with E-state index in [2.05, 4.69) is 54.9 Å². The quantitative estimate of drug-likeness (QED) is 0.162. The van der Waals surface area contributed by atoms with E-state index in [0.717, 1.165) is 70.8 Å². The number of benzene rings is 3. The van der Waals surface area contributed by atoms with Crippen molar-refractivity contribution in [2.45, 2.75) is 44.3 Å². The Morgan fingerprint density at radius 1 is 0.774 bits per heavy atom. The summed E-state index contributed by atoms with van der Waals surface area (Å²) in [5, 5.41) is 13.9. The zero-order valence-electron chi connectivity index (χ0n) is 28.8. The zero-order valence-corrected chi connectivity index (χ0v) is 28.8. The first-order valence-electron chi connectivity index (χ1n) is 17.8. The molecule has 3 amide bonds. The highest BCUT2D eigenvalue weighted by Gasteiger charge is 2.40. The third-order valence-corrected chi connectivity index (χ3v) is 10.3. The summed E-state index contributed by atoms with van der Waals surface area (Å²) in [6.45, 7) is 2.08. The first-order chi connectivity index (χ1) is 25.9. The summed E-state index contributed by atoms with van der Waals surface area (Å²) < 4.78 is 2.07. The summed E-state index contributed by atoms with van der Waals surface area (Å²) in [6.07, 6.45) is 8.24.